The van der Waals surface area contributed by atoms with Crippen molar-refractivity contribution >= 4 is 23.4 Å². The largest absolute Gasteiger partial charge is 0.368 e. The van der Waals surface area contributed by atoms with Crippen molar-refractivity contribution in [3.8, 4) is 0 Å². The molecule has 144 valence electrons. The van der Waals surface area contributed by atoms with Crippen molar-refractivity contribution < 1.29 is 14.4 Å². The average molecular weight is 377 g/mol. The van der Waals surface area contributed by atoms with Gasteiger partial charge in [0.15, 0.2) is 0 Å². The third kappa shape index (κ3) is 2.85. The molecule has 28 heavy (non-hydrogen) atoms. The van der Waals surface area contributed by atoms with E-state index in [2.05, 4.69) is 36.9 Å². The normalized spacial score (nSPS) is 16.6. The van der Waals surface area contributed by atoms with E-state index in [1.165, 1.54) is 23.9 Å². The summed E-state index contributed by atoms with van der Waals surface area (Å²) in [6, 6.07) is 11.1. The van der Waals surface area contributed by atoms with E-state index in [-0.39, 0.29) is 17.7 Å². The third-order valence-electron chi connectivity index (χ3n) is 5.82. The quantitative estimate of drug-likeness (QED) is 0.755. The number of anilines is 1. The number of carbonyl (C=O) groups excluding carboxylic acids is 3. The van der Waals surface area contributed by atoms with Crippen LogP contribution in [-0.2, 0) is 0 Å². The molecular formula is C22H23N3O3. The van der Waals surface area contributed by atoms with E-state index in [4.69, 9.17) is 0 Å². The summed E-state index contributed by atoms with van der Waals surface area (Å²) in [4.78, 5) is 42.3. The Bertz CT molecular complexity index is 991. The number of fused-ring (bicyclic) bond motifs is 1. The van der Waals surface area contributed by atoms with Crippen LogP contribution in [0.5, 0.6) is 0 Å². The number of carbonyl (C=O) groups is 3. The van der Waals surface area contributed by atoms with Gasteiger partial charge in [-0.05, 0) is 49.2 Å². The summed E-state index contributed by atoms with van der Waals surface area (Å²) in [5.41, 5.74) is 4.88. The van der Waals surface area contributed by atoms with E-state index in [1.54, 1.807) is 18.2 Å². The van der Waals surface area contributed by atoms with Crippen LogP contribution in [-0.4, -0.2) is 60.7 Å². The van der Waals surface area contributed by atoms with Crippen molar-refractivity contribution in [3.05, 3.63) is 64.2 Å². The molecule has 4 rings (SSSR count). The van der Waals surface area contributed by atoms with Crippen molar-refractivity contribution in [3.63, 3.8) is 0 Å². The Morgan fingerprint density at radius 3 is 2.29 bits per heavy atom. The fourth-order valence-corrected chi connectivity index (χ4v) is 3.91. The average Bonchev–Trinajstić information content (AvgIpc) is 2.93. The highest BCUT2D eigenvalue weighted by molar-refractivity contribution is 6.21. The predicted molar refractivity (Wildman–Crippen MR) is 107 cm³/mol. The Morgan fingerprint density at radius 2 is 1.57 bits per heavy atom. The van der Waals surface area contributed by atoms with E-state index in [1.807, 2.05) is 4.90 Å². The van der Waals surface area contributed by atoms with Gasteiger partial charge in [0.25, 0.3) is 17.7 Å². The van der Waals surface area contributed by atoms with Gasteiger partial charge in [-0.1, -0.05) is 12.1 Å². The van der Waals surface area contributed by atoms with Gasteiger partial charge in [0.1, 0.15) is 0 Å². The Morgan fingerprint density at radius 1 is 0.893 bits per heavy atom. The number of hydrogen-bond acceptors (Lipinski definition) is 4. The zero-order valence-electron chi connectivity index (χ0n) is 16.4. The number of piperazine rings is 1. The van der Waals surface area contributed by atoms with E-state index < -0.39 is 0 Å². The van der Waals surface area contributed by atoms with Crippen molar-refractivity contribution in [2.24, 2.45) is 0 Å². The van der Waals surface area contributed by atoms with Crippen molar-refractivity contribution in [2.75, 3.05) is 38.1 Å². The van der Waals surface area contributed by atoms with Gasteiger partial charge in [-0.15, -0.1) is 0 Å². The molecule has 6 nitrogen and oxygen atoms in total. The van der Waals surface area contributed by atoms with E-state index in [0.29, 0.717) is 29.8 Å². The van der Waals surface area contributed by atoms with Crippen LogP contribution in [0.2, 0.25) is 0 Å². The first-order valence-electron chi connectivity index (χ1n) is 9.45. The molecule has 0 radical (unpaired) electrons. The van der Waals surface area contributed by atoms with Crippen LogP contribution >= 0.6 is 0 Å². The Kier molecular flexibility index (Phi) is 4.41. The molecule has 2 heterocycles. The minimum absolute atomic E-state index is 0.0989. The molecule has 2 aromatic rings. The molecule has 1 fully saturated rings. The molecule has 6 heteroatoms. The van der Waals surface area contributed by atoms with Crippen molar-refractivity contribution in [2.45, 2.75) is 13.8 Å². The lowest BCUT2D eigenvalue weighted by atomic mass is 10.0. The van der Waals surface area contributed by atoms with Gasteiger partial charge in [-0.25, -0.2) is 0 Å². The Balaban J connectivity index is 1.49. The van der Waals surface area contributed by atoms with Gasteiger partial charge in [0.2, 0.25) is 0 Å². The highest BCUT2D eigenvalue weighted by atomic mass is 16.2. The van der Waals surface area contributed by atoms with Crippen molar-refractivity contribution in [1.82, 2.24) is 9.80 Å². The van der Waals surface area contributed by atoms with E-state index in [0.717, 1.165) is 18.0 Å². The Labute approximate surface area is 164 Å². The number of hydrogen-bond donors (Lipinski definition) is 0. The SMILES string of the molecule is Cc1cccc(N2CCN(C(=O)c3ccc4c(c3)C(=O)N(C)C4=O)CC2)c1C. The lowest BCUT2D eigenvalue weighted by Crippen LogP contribution is -2.49. The summed E-state index contributed by atoms with van der Waals surface area (Å²) >= 11 is 0. The molecule has 0 bridgehead atoms. The highest BCUT2D eigenvalue weighted by Gasteiger charge is 2.34. The second-order valence-corrected chi connectivity index (χ2v) is 7.43. The fraction of sp³-hybridized carbons (Fsp3) is 0.318. The molecule has 2 aliphatic rings. The lowest BCUT2D eigenvalue weighted by Gasteiger charge is -2.37. The predicted octanol–water partition coefficient (Wildman–Crippen LogP) is 2.49. The lowest BCUT2D eigenvalue weighted by molar-refractivity contribution is 0.0692. The summed E-state index contributed by atoms with van der Waals surface area (Å²) in [7, 11) is 1.46. The second kappa shape index (κ2) is 6.78. The summed E-state index contributed by atoms with van der Waals surface area (Å²) < 4.78 is 0. The smallest absolute Gasteiger partial charge is 0.261 e. The topological polar surface area (TPSA) is 60.9 Å². The van der Waals surface area contributed by atoms with Gasteiger partial charge in [-0.3, -0.25) is 19.3 Å². The van der Waals surface area contributed by atoms with Crippen LogP contribution in [0.4, 0.5) is 5.69 Å². The summed E-state index contributed by atoms with van der Waals surface area (Å²) in [6.45, 7) is 7.01. The molecule has 0 unspecified atom stereocenters. The Hall–Kier alpha value is -3.15. The first-order chi connectivity index (χ1) is 13.4. The van der Waals surface area contributed by atoms with Crippen LogP contribution in [0.25, 0.3) is 0 Å². The van der Waals surface area contributed by atoms with Crippen LogP contribution in [0.3, 0.4) is 0 Å². The maximum atomic E-state index is 12.9. The molecule has 0 atom stereocenters. The molecule has 2 aromatic carbocycles. The molecule has 0 spiro atoms. The molecule has 1 saturated heterocycles. The molecule has 0 N–H and O–H groups in total. The second-order valence-electron chi connectivity index (χ2n) is 7.43. The molecule has 0 aromatic heterocycles. The summed E-state index contributed by atoms with van der Waals surface area (Å²) in [5.74, 6) is -0.770. The van der Waals surface area contributed by atoms with Crippen molar-refractivity contribution in [1.29, 1.82) is 0 Å². The van der Waals surface area contributed by atoms with Crippen LogP contribution in [0.15, 0.2) is 36.4 Å². The molecule has 0 aliphatic carbocycles. The van der Waals surface area contributed by atoms with Gasteiger partial charge >= 0.3 is 0 Å². The van der Waals surface area contributed by atoms with Crippen LogP contribution in [0.1, 0.15) is 42.2 Å². The fourth-order valence-electron chi connectivity index (χ4n) is 3.91. The molecule has 2 aliphatic heterocycles. The van der Waals surface area contributed by atoms with E-state index >= 15 is 0 Å². The van der Waals surface area contributed by atoms with Gasteiger partial charge in [0.05, 0.1) is 11.1 Å². The van der Waals surface area contributed by atoms with Crippen LogP contribution in [0, 0.1) is 13.8 Å². The zero-order valence-corrected chi connectivity index (χ0v) is 16.4. The monoisotopic (exact) mass is 377 g/mol. The summed E-state index contributed by atoms with van der Waals surface area (Å²) in [5, 5.41) is 0. The molecular weight excluding hydrogens is 354 g/mol. The number of rotatable bonds is 2. The first kappa shape index (κ1) is 18.2. The number of imide groups is 1. The number of amides is 3. The molecule has 3 amide bonds. The minimum Gasteiger partial charge on any atom is -0.368 e. The number of nitrogens with zero attached hydrogens (tertiary/aromatic N) is 3. The van der Waals surface area contributed by atoms with Gasteiger partial charge in [0, 0.05) is 44.5 Å². The van der Waals surface area contributed by atoms with Gasteiger partial charge in [-0.2, -0.15) is 0 Å². The maximum absolute atomic E-state index is 12.9. The zero-order chi connectivity index (χ0) is 20.0. The third-order valence-corrected chi connectivity index (χ3v) is 5.82. The maximum Gasteiger partial charge on any atom is 0.261 e. The van der Waals surface area contributed by atoms with Gasteiger partial charge < -0.3 is 9.80 Å². The number of aryl methyl sites for hydroxylation is 1. The standard InChI is InChI=1S/C22H23N3O3/c1-14-5-4-6-19(15(14)2)24-9-11-25(12-10-24)20(26)16-7-8-17-18(13-16)22(28)23(3)21(17)27/h4-8,13H,9-12H2,1-3H3. The molecule has 0 saturated carbocycles. The minimum atomic E-state index is -0.352. The summed E-state index contributed by atoms with van der Waals surface area (Å²) in [6.07, 6.45) is 0. The first-order valence-corrected chi connectivity index (χ1v) is 9.45. The highest BCUT2D eigenvalue weighted by Crippen LogP contribution is 2.26. The van der Waals surface area contributed by atoms with Crippen LogP contribution < -0.4 is 4.90 Å². The van der Waals surface area contributed by atoms with E-state index in [9.17, 15) is 14.4 Å². The number of benzene rings is 2.